The van der Waals surface area contributed by atoms with Gasteiger partial charge in [0.1, 0.15) is 16.5 Å². The van der Waals surface area contributed by atoms with Crippen LogP contribution in [0.15, 0.2) is 46.9 Å². The van der Waals surface area contributed by atoms with E-state index in [0.29, 0.717) is 4.99 Å². The summed E-state index contributed by atoms with van der Waals surface area (Å²) >= 11 is 8.33. The van der Waals surface area contributed by atoms with Gasteiger partial charge in [-0.05, 0) is 55.0 Å². The number of thiocarbonyl (C=S) groups is 1. The highest BCUT2D eigenvalue weighted by molar-refractivity contribution is 9.10. The van der Waals surface area contributed by atoms with Crippen LogP contribution in [0.1, 0.15) is 11.1 Å². The first-order chi connectivity index (χ1) is 8.56. The number of ether oxygens (including phenoxy) is 1. The second-order valence-electron chi connectivity index (χ2n) is 3.90. The van der Waals surface area contributed by atoms with Gasteiger partial charge in [-0.15, -0.1) is 0 Å². The van der Waals surface area contributed by atoms with Gasteiger partial charge in [0.2, 0.25) is 0 Å². The molecule has 0 radical (unpaired) electrons. The zero-order valence-corrected chi connectivity index (χ0v) is 12.2. The fraction of sp³-hybridized carbons (Fsp3) is 0.0714. The number of benzene rings is 2. The molecule has 4 heteroatoms. The van der Waals surface area contributed by atoms with Crippen molar-refractivity contribution in [3.8, 4) is 11.5 Å². The van der Waals surface area contributed by atoms with Crippen LogP contribution in [0.2, 0.25) is 0 Å². The SMILES string of the molecule is Cc1cc(Br)ccc1Oc1ccc(C(N)=S)cc1. The minimum Gasteiger partial charge on any atom is -0.457 e. The summed E-state index contributed by atoms with van der Waals surface area (Å²) in [7, 11) is 0. The number of aryl methyl sites for hydroxylation is 1. The maximum absolute atomic E-state index is 5.79. The Bertz CT molecular complexity index is 581. The summed E-state index contributed by atoms with van der Waals surface area (Å²) in [6, 6.07) is 13.3. The first-order valence-corrected chi connectivity index (χ1v) is 6.60. The molecular formula is C14H12BrNOS. The van der Waals surface area contributed by atoms with Crippen molar-refractivity contribution in [3.63, 3.8) is 0 Å². The monoisotopic (exact) mass is 321 g/mol. The predicted molar refractivity (Wildman–Crippen MR) is 81.3 cm³/mol. The van der Waals surface area contributed by atoms with Gasteiger partial charge in [-0.2, -0.15) is 0 Å². The summed E-state index contributed by atoms with van der Waals surface area (Å²) in [6.45, 7) is 2.00. The highest BCUT2D eigenvalue weighted by Gasteiger charge is 2.03. The van der Waals surface area contributed by atoms with E-state index in [4.69, 9.17) is 22.7 Å². The second kappa shape index (κ2) is 5.50. The van der Waals surface area contributed by atoms with Crippen LogP contribution in [-0.4, -0.2) is 4.99 Å². The van der Waals surface area contributed by atoms with Crippen LogP contribution in [0.25, 0.3) is 0 Å². The lowest BCUT2D eigenvalue weighted by molar-refractivity contribution is 0.479. The van der Waals surface area contributed by atoms with Gasteiger partial charge >= 0.3 is 0 Å². The van der Waals surface area contributed by atoms with Gasteiger partial charge in [0, 0.05) is 10.0 Å². The van der Waals surface area contributed by atoms with Crippen molar-refractivity contribution in [2.75, 3.05) is 0 Å². The molecule has 2 aromatic carbocycles. The third-order valence-corrected chi connectivity index (χ3v) is 3.23. The first kappa shape index (κ1) is 13.1. The lowest BCUT2D eigenvalue weighted by atomic mass is 10.2. The Morgan fingerprint density at radius 3 is 2.39 bits per heavy atom. The van der Waals surface area contributed by atoms with Gasteiger partial charge in [0.05, 0.1) is 0 Å². The Hall–Kier alpha value is -1.39. The predicted octanol–water partition coefficient (Wildman–Crippen LogP) is 4.18. The van der Waals surface area contributed by atoms with Gasteiger partial charge < -0.3 is 10.5 Å². The summed E-state index contributed by atoms with van der Waals surface area (Å²) in [5, 5.41) is 0. The molecule has 0 spiro atoms. The van der Waals surface area contributed by atoms with Gasteiger partial charge in [0.15, 0.2) is 0 Å². The van der Waals surface area contributed by atoms with Crippen molar-refractivity contribution in [3.05, 3.63) is 58.1 Å². The molecule has 0 bridgehead atoms. The Morgan fingerprint density at radius 2 is 1.83 bits per heavy atom. The molecule has 0 heterocycles. The first-order valence-electron chi connectivity index (χ1n) is 5.40. The zero-order valence-electron chi connectivity index (χ0n) is 9.81. The average molecular weight is 322 g/mol. The van der Waals surface area contributed by atoms with Crippen LogP contribution in [0.5, 0.6) is 11.5 Å². The topological polar surface area (TPSA) is 35.2 Å². The highest BCUT2D eigenvalue weighted by atomic mass is 79.9. The molecule has 18 heavy (non-hydrogen) atoms. The minimum atomic E-state index is 0.390. The van der Waals surface area contributed by atoms with E-state index in [1.165, 1.54) is 0 Å². The highest BCUT2D eigenvalue weighted by Crippen LogP contribution is 2.27. The molecule has 2 rings (SSSR count). The summed E-state index contributed by atoms with van der Waals surface area (Å²) < 4.78 is 6.83. The normalized spacial score (nSPS) is 10.1. The van der Waals surface area contributed by atoms with Crippen molar-refractivity contribution in [2.45, 2.75) is 6.92 Å². The zero-order chi connectivity index (χ0) is 13.1. The molecule has 0 saturated heterocycles. The maximum Gasteiger partial charge on any atom is 0.130 e. The van der Waals surface area contributed by atoms with Crippen molar-refractivity contribution >= 4 is 33.1 Å². The Balaban J connectivity index is 2.21. The lowest BCUT2D eigenvalue weighted by Crippen LogP contribution is -2.08. The van der Waals surface area contributed by atoms with E-state index in [9.17, 15) is 0 Å². The summed E-state index contributed by atoms with van der Waals surface area (Å²) in [6.07, 6.45) is 0. The number of hydrogen-bond acceptors (Lipinski definition) is 2. The molecule has 0 saturated carbocycles. The number of halogens is 1. The molecule has 0 aliphatic carbocycles. The molecule has 0 unspecified atom stereocenters. The Kier molecular flexibility index (Phi) is 3.99. The molecule has 0 atom stereocenters. The largest absolute Gasteiger partial charge is 0.457 e. The van der Waals surface area contributed by atoms with Crippen LogP contribution < -0.4 is 10.5 Å². The Labute approximate surface area is 120 Å². The fourth-order valence-corrected chi connectivity index (χ4v) is 2.15. The fourth-order valence-electron chi connectivity index (χ4n) is 1.54. The standard InChI is InChI=1S/C14H12BrNOS/c1-9-8-11(15)4-7-13(9)17-12-5-2-10(3-6-12)14(16)18/h2-8H,1H3,(H2,16,18). The van der Waals surface area contributed by atoms with E-state index in [0.717, 1.165) is 27.1 Å². The van der Waals surface area contributed by atoms with Crippen molar-refractivity contribution in [1.29, 1.82) is 0 Å². The van der Waals surface area contributed by atoms with Crippen molar-refractivity contribution < 1.29 is 4.74 Å². The Morgan fingerprint density at radius 1 is 1.17 bits per heavy atom. The van der Waals surface area contributed by atoms with E-state index in [1.54, 1.807) is 0 Å². The summed E-state index contributed by atoms with van der Waals surface area (Å²) in [5.74, 6) is 1.60. The smallest absolute Gasteiger partial charge is 0.130 e. The number of nitrogens with two attached hydrogens (primary N) is 1. The quantitative estimate of drug-likeness (QED) is 0.861. The molecule has 0 fully saturated rings. The van der Waals surface area contributed by atoms with Crippen LogP contribution in [0, 0.1) is 6.92 Å². The van der Waals surface area contributed by atoms with Crippen molar-refractivity contribution in [2.24, 2.45) is 5.73 Å². The number of hydrogen-bond donors (Lipinski definition) is 1. The van der Waals surface area contributed by atoms with Gasteiger partial charge in [0.25, 0.3) is 0 Å². The molecular weight excluding hydrogens is 310 g/mol. The average Bonchev–Trinajstić information content (AvgIpc) is 2.33. The molecule has 0 aliphatic rings. The van der Waals surface area contributed by atoms with Crippen molar-refractivity contribution in [1.82, 2.24) is 0 Å². The number of rotatable bonds is 3. The molecule has 2 aromatic rings. The lowest BCUT2D eigenvalue weighted by Gasteiger charge is -2.09. The van der Waals surface area contributed by atoms with Crippen LogP contribution in [0.3, 0.4) is 0 Å². The van der Waals surface area contributed by atoms with Gasteiger partial charge in [-0.3, -0.25) is 0 Å². The minimum absolute atomic E-state index is 0.390. The molecule has 0 amide bonds. The molecule has 92 valence electrons. The van der Waals surface area contributed by atoms with E-state index >= 15 is 0 Å². The third-order valence-electron chi connectivity index (χ3n) is 2.50. The van der Waals surface area contributed by atoms with E-state index < -0.39 is 0 Å². The van der Waals surface area contributed by atoms with Crippen LogP contribution in [0.4, 0.5) is 0 Å². The molecule has 2 nitrogen and oxygen atoms in total. The van der Waals surface area contributed by atoms with E-state index in [1.807, 2.05) is 49.4 Å². The molecule has 0 aromatic heterocycles. The van der Waals surface area contributed by atoms with Crippen LogP contribution >= 0.6 is 28.1 Å². The van der Waals surface area contributed by atoms with E-state index in [-0.39, 0.29) is 0 Å². The molecule has 2 N–H and O–H groups in total. The van der Waals surface area contributed by atoms with E-state index in [2.05, 4.69) is 15.9 Å². The third kappa shape index (κ3) is 3.09. The van der Waals surface area contributed by atoms with Gasteiger partial charge in [-0.25, -0.2) is 0 Å². The summed E-state index contributed by atoms with van der Waals surface area (Å²) in [5.41, 5.74) is 7.45. The van der Waals surface area contributed by atoms with Gasteiger partial charge in [-0.1, -0.05) is 28.1 Å². The van der Waals surface area contributed by atoms with Crippen LogP contribution in [-0.2, 0) is 0 Å². The maximum atomic E-state index is 5.79. The summed E-state index contributed by atoms with van der Waals surface area (Å²) in [4.78, 5) is 0.390. The second-order valence-corrected chi connectivity index (χ2v) is 5.26. The molecule has 0 aliphatic heterocycles.